The Morgan fingerprint density at radius 3 is 2.75 bits per heavy atom. The van der Waals surface area contributed by atoms with Crippen LogP contribution in [-0.2, 0) is 11.3 Å². The van der Waals surface area contributed by atoms with Crippen molar-refractivity contribution in [2.75, 3.05) is 5.32 Å². The maximum absolute atomic E-state index is 13.2. The molecule has 2 aromatic rings. The lowest BCUT2D eigenvalue weighted by atomic mass is 10.1. The molecule has 0 saturated heterocycles. The fraction of sp³-hybridized carbons (Fsp3) is 0.263. The van der Waals surface area contributed by atoms with Gasteiger partial charge >= 0.3 is 0 Å². The average molecular weight is 325 g/mol. The second-order valence-corrected chi connectivity index (χ2v) is 5.61. The third-order valence-electron chi connectivity index (χ3n) is 3.81. The van der Waals surface area contributed by atoms with Gasteiger partial charge in [-0.3, -0.25) is 4.79 Å². The summed E-state index contributed by atoms with van der Waals surface area (Å²) in [6, 6.07) is 9.45. The van der Waals surface area contributed by atoms with E-state index in [2.05, 4.69) is 16.8 Å². The number of anilines is 1. The van der Waals surface area contributed by atoms with Crippen LogP contribution in [0.25, 0.3) is 6.08 Å². The molecule has 0 saturated carbocycles. The smallest absolute Gasteiger partial charge is 0.266 e. The Labute approximate surface area is 141 Å². The molecule has 1 N–H and O–H groups in total. The van der Waals surface area contributed by atoms with Gasteiger partial charge in [-0.25, -0.2) is 4.39 Å². The van der Waals surface area contributed by atoms with Gasteiger partial charge < -0.3 is 9.88 Å². The number of nitriles is 1. The van der Waals surface area contributed by atoms with Crippen LogP contribution in [-0.4, -0.2) is 10.5 Å². The van der Waals surface area contributed by atoms with Crippen molar-refractivity contribution in [2.45, 2.75) is 33.7 Å². The average Bonchev–Trinajstić information content (AvgIpc) is 2.80. The molecule has 0 aliphatic carbocycles. The number of halogens is 1. The monoisotopic (exact) mass is 325 g/mol. The topological polar surface area (TPSA) is 57.8 Å². The van der Waals surface area contributed by atoms with Crippen molar-refractivity contribution >= 4 is 17.7 Å². The molecule has 124 valence electrons. The lowest BCUT2D eigenvalue weighted by molar-refractivity contribution is -0.112. The highest BCUT2D eigenvalue weighted by Gasteiger charge is 2.13. The van der Waals surface area contributed by atoms with Crippen molar-refractivity contribution in [3.63, 3.8) is 0 Å². The van der Waals surface area contributed by atoms with E-state index in [0.29, 0.717) is 5.69 Å². The molecule has 4 nitrogen and oxygen atoms in total. The van der Waals surface area contributed by atoms with E-state index in [9.17, 15) is 14.4 Å². The van der Waals surface area contributed by atoms with Crippen LogP contribution < -0.4 is 5.32 Å². The standard InChI is InChI=1S/C19H20FN3O/c1-4-8-23-13(2)9-15(14(23)3)10-16(12-21)19(24)22-18-7-5-6-17(20)11-18/h5-7,9-11H,4,8H2,1-3H3,(H,22,24)/b16-10+. The van der Waals surface area contributed by atoms with Gasteiger partial charge in [0.1, 0.15) is 17.5 Å². The van der Waals surface area contributed by atoms with E-state index in [1.54, 1.807) is 12.1 Å². The van der Waals surface area contributed by atoms with Crippen molar-refractivity contribution < 1.29 is 9.18 Å². The second kappa shape index (κ2) is 7.60. The molecular formula is C19H20FN3O. The number of aromatic nitrogens is 1. The Bertz CT molecular complexity index is 828. The number of benzene rings is 1. The van der Waals surface area contributed by atoms with Gasteiger partial charge in [0.15, 0.2) is 0 Å². The molecule has 0 radical (unpaired) electrons. The minimum absolute atomic E-state index is 0.0176. The number of nitrogens with one attached hydrogen (secondary N) is 1. The molecular weight excluding hydrogens is 305 g/mol. The first-order chi connectivity index (χ1) is 11.5. The summed E-state index contributed by atoms with van der Waals surface area (Å²) in [7, 11) is 0. The fourth-order valence-electron chi connectivity index (χ4n) is 2.61. The molecule has 5 heteroatoms. The van der Waals surface area contributed by atoms with Crippen molar-refractivity contribution in [1.82, 2.24) is 4.57 Å². The van der Waals surface area contributed by atoms with Crippen LogP contribution in [0.2, 0.25) is 0 Å². The second-order valence-electron chi connectivity index (χ2n) is 5.61. The van der Waals surface area contributed by atoms with Gasteiger partial charge in [-0.15, -0.1) is 0 Å². The van der Waals surface area contributed by atoms with Gasteiger partial charge in [0.2, 0.25) is 0 Å². The zero-order valence-corrected chi connectivity index (χ0v) is 14.1. The summed E-state index contributed by atoms with van der Waals surface area (Å²) in [5.74, 6) is -0.998. The molecule has 0 aliphatic heterocycles. The Balaban J connectivity index is 2.28. The van der Waals surface area contributed by atoms with Gasteiger partial charge in [0, 0.05) is 23.6 Å². The molecule has 0 fully saturated rings. The number of nitrogens with zero attached hydrogens (tertiary/aromatic N) is 2. The van der Waals surface area contributed by atoms with Crippen LogP contribution in [0.4, 0.5) is 10.1 Å². The number of hydrogen-bond acceptors (Lipinski definition) is 2. The van der Waals surface area contributed by atoms with E-state index in [1.165, 1.54) is 18.2 Å². The van der Waals surface area contributed by atoms with E-state index >= 15 is 0 Å². The number of hydrogen-bond donors (Lipinski definition) is 1. The molecule has 1 aromatic heterocycles. The number of carbonyl (C=O) groups excluding carboxylic acids is 1. The van der Waals surface area contributed by atoms with Crippen molar-refractivity contribution in [2.24, 2.45) is 0 Å². The summed E-state index contributed by atoms with van der Waals surface area (Å²) in [5, 5.41) is 11.8. The van der Waals surface area contributed by atoms with Crippen LogP contribution in [0.5, 0.6) is 0 Å². The molecule has 1 heterocycles. The van der Waals surface area contributed by atoms with Crippen molar-refractivity contribution in [1.29, 1.82) is 5.26 Å². The zero-order valence-electron chi connectivity index (χ0n) is 14.1. The number of carbonyl (C=O) groups is 1. The number of amides is 1. The largest absolute Gasteiger partial charge is 0.349 e. The molecule has 2 rings (SSSR count). The van der Waals surface area contributed by atoms with Crippen LogP contribution in [0.3, 0.4) is 0 Å². The van der Waals surface area contributed by atoms with Crippen molar-refractivity contribution in [3.8, 4) is 6.07 Å². The minimum atomic E-state index is -0.552. The number of rotatable bonds is 5. The Morgan fingerprint density at radius 1 is 1.38 bits per heavy atom. The van der Waals surface area contributed by atoms with Crippen LogP contribution in [0.15, 0.2) is 35.9 Å². The maximum Gasteiger partial charge on any atom is 0.266 e. The van der Waals surface area contributed by atoms with E-state index in [0.717, 1.165) is 29.9 Å². The van der Waals surface area contributed by atoms with Gasteiger partial charge in [0.25, 0.3) is 5.91 Å². The Hall–Kier alpha value is -2.87. The van der Waals surface area contributed by atoms with Crippen molar-refractivity contribution in [3.05, 3.63) is 58.7 Å². The van der Waals surface area contributed by atoms with Gasteiger partial charge in [0.05, 0.1) is 0 Å². The normalized spacial score (nSPS) is 11.2. The summed E-state index contributed by atoms with van der Waals surface area (Å²) in [6.07, 6.45) is 2.58. The minimum Gasteiger partial charge on any atom is -0.349 e. The molecule has 0 unspecified atom stereocenters. The third-order valence-corrected chi connectivity index (χ3v) is 3.81. The highest BCUT2D eigenvalue weighted by atomic mass is 19.1. The summed E-state index contributed by atoms with van der Waals surface area (Å²) in [6.45, 7) is 6.96. The Morgan fingerprint density at radius 2 is 2.12 bits per heavy atom. The summed E-state index contributed by atoms with van der Waals surface area (Å²) in [4.78, 5) is 12.3. The van der Waals surface area contributed by atoms with Gasteiger partial charge in [-0.1, -0.05) is 13.0 Å². The maximum atomic E-state index is 13.2. The summed E-state index contributed by atoms with van der Waals surface area (Å²) < 4.78 is 15.3. The van der Waals surface area contributed by atoms with Gasteiger partial charge in [-0.05, 0) is 56.2 Å². The molecule has 1 aromatic carbocycles. The van der Waals surface area contributed by atoms with E-state index in [4.69, 9.17) is 0 Å². The highest BCUT2D eigenvalue weighted by molar-refractivity contribution is 6.09. The quantitative estimate of drug-likeness (QED) is 0.661. The SMILES string of the molecule is CCCn1c(C)cc(/C=C(\C#N)C(=O)Nc2cccc(F)c2)c1C. The molecule has 0 aliphatic rings. The summed E-state index contributed by atoms with van der Waals surface area (Å²) in [5.41, 5.74) is 3.24. The predicted molar refractivity (Wildman–Crippen MR) is 92.8 cm³/mol. The third kappa shape index (κ3) is 3.90. The lowest BCUT2D eigenvalue weighted by Crippen LogP contribution is -2.13. The van der Waals surface area contributed by atoms with E-state index < -0.39 is 11.7 Å². The first kappa shape index (κ1) is 17.5. The Kier molecular flexibility index (Phi) is 5.54. The van der Waals surface area contributed by atoms with Crippen LogP contribution in [0, 0.1) is 31.0 Å². The van der Waals surface area contributed by atoms with Crippen LogP contribution >= 0.6 is 0 Å². The van der Waals surface area contributed by atoms with E-state index in [-0.39, 0.29) is 5.57 Å². The summed E-state index contributed by atoms with van der Waals surface area (Å²) >= 11 is 0. The molecule has 0 bridgehead atoms. The molecule has 0 atom stereocenters. The first-order valence-electron chi connectivity index (χ1n) is 7.81. The number of aryl methyl sites for hydroxylation is 1. The molecule has 0 spiro atoms. The zero-order chi connectivity index (χ0) is 17.7. The molecule has 24 heavy (non-hydrogen) atoms. The highest BCUT2D eigenvalue weighted by Crippen LogP contribution is 2.19. The van der Waals surface area contributed by atoms with E-state index in [1.807, 2.05) is 26.0 Å². The van der Waals surface area contributed by atoms with Crippen LogP contribution in [0.1, 0.15) is 30.3 Å². The fourth-order valence-corrected chi connectivity index (χ4v) is 2.61. The molecule has 1 amide bonds. The first-order valence-corrected chi connectivity index (χ1v) is 7.81. The lowest BCUT2D eigenvalue weighted by Gasteiger charge is -2.07. The van der Waals surface area contributed by atoms with Gasteiger partial charge in [-0.2, -0.15) is 5.26 Å². The predicted octanol–water partition coefficient (Wildman–Crippen LogP) is 4.20.